The molecular formula is C27H30N10O4. The molecule has 0 saturated carbocycles. The van der Waals surface area contributed by atoms with Crippen molar-refractivity contribution in [1.29, 1.82) is 0 Å². The standard InChI is InChI=1S/C27H30N10O4/c1-6-35(7-2)26-28-12-18(13-29-26)20-9-8-10-21(31-20)32-24(38)17(4)37-15-30-23-22(37)25(39)36(27(40)34(23)5)14-19-11-16(3)41-33-19/h8-13,15,17H,6-7,14H2,1-5H3,(H,31,32,38). The summed E-state index contributed by atoms with van der Waals surface area (Å²) in [5.74, 6) is 1.09. The van der Waals surface area contributed by atoms with Gasteiger partial charge in [0.25, 0.3) is 5.56 Å². The third-order valence-corrected chi connectivity index (χ3v) is 6.83. The fourth-order valence-corrected chi connectivity index (χ4v) is 4.52. The summed E-state index contributed by atoms with van der Waals surface area (Å²) >= 11 is 0. The summed E-state index contributed by atoms with van der Waals surface area (Å²) in [6.07, 6.45) is 4.77. The van der Waals surface area contributed by atoms with Gasteiger partial charge >= 0.3 is 5.69 Å². The number of amides is 1. The van der Waals surface area contributed by atoms with Gasteiger partial charge in [-0.3, -0.25) is 18.7 Å². The Bertz CT molecular complexity index is 1830. The van der Waals surface area contributed by atoms with E-state index in [1.807, 2.05) is 18.7 Å². The fraction of sp³-hybridized carbons (Fsp3) is 0.333. The van der Waals surface area contributed by atoms with Crippen LogP contribution in [0.2, 0.25) is 0 Å². The highest BCUT2D eigenvalue weighted by Crippen LogP contribution is 2.20. The van der Waals surface area contributed by atoms with E-state index in [0.29, 0.717) is 34.5 Å². The Kier molecular flexibility index (Phi) is 7.46. The Labute approximate surface area is 234 Å². The monoisotopic (exact) mass is 558 g/mol. The van der Waals surface area contributed by atoms with Gasteiger partial charge in [-0.25, -0.2) is 24.7 Å². The highest BCUT2D eigenvalue weighted by Gasteiger charge is 2.23. The molecule has 5 aromatic heterocycles. The number of nitrogens with one attached hydrogen (secondary N) is 1. The molecule has 0 fully saturated rings. The lowest BCUT2D eigenvalue weighted by atomic mass is 10.2. The van der Waals surface area contributed by atoms with E-state index in [9.17, 15) is 14.4 Å². The minimum absolute atomic E-state index is 0.0825. The van der Waals surface area contributed by atoms with Crippen LogP contribution < -0.4 is 21.5 Å². The van der Waals surface area contributed by atoms with Gasteiger partial charge in [0.1, 0.15) is 23.3 Å². The van der Waals surface area contributed by atoms with Gasteiger partial charge in [0.2, 0.25) is 11.9 Å². The van der Waals surface area contributed by atoms with Gasteiger partial charge in [-0.2, -0.15) is 0 Å². The van der Waals surface area contributed by atoms with Crippen molar-refractivity contribution in [3.8, 4) is 11.3 Å². The molecule has 14 nitrogen and oxygen atoms in total. The van der Waals surface area contributed by atoms with Gasteiger partial charge < -0.3 is 19.3 Å². The Morgan fingerprint density at radius 1 is 1.12 bits per heavy atom. The number of nitrogens with zero attached hydrogens (tertiary/aromatic N) is 9. The summed E-state index contributed by atoms with van der Waals surface area (Å²) in [5.41, 5.74) is 0.861. The van der Waals surface area contributed by atoms with Crippen molar-refractivity contribution in [3.63, 3.8) is 0 Å². The van der Waals surface area contributed by atoms with Gasteiger partial charge in [-0.15, -0.1) is 0 Å². The zero-order chi connectivity index (χ0) is 29.3. The molecule has 5 heterocycles. The Morgan fingerprint density at radius 2 is 1.85 bits per heavy atom. The summed E-state index contributed by atoms with van der Waals surface area (Å²) in [4.78, 5) is 59.4. The van der Waals surface area contributed by atoms with Gasteiger partial charge in [-0.1, -0.05) is 11.2 Å². The van der Waals surface area contributed by atoms with Crippen LogP contribution in [-0.4, -0.2) is 57.8 Å². The summed E-state index contributed by atoms with van der Waals surface area (Å²) in [6, 6.07) is 6.04. The van der Waals surface area contributed by atoms with Crippen molar-refractivity contribution in [2.75, 3.05) is 23.3 Å². The number of imidazole rings is 1. The molecule has 0 aliphatic rings. The largest absolute Gasteiger partial charge is 0.361 e. The lowest BCUT2D eigenvalue weighted by molar-refractivity contribution is -0.118. The minimum atomic E-state index is -0.852. The van der Waals surface area contributed by atoms with Gasteiger partial charge in [0.15, 0.2) is 11.2 Å². The van der Waals surface area contributed by atoms with Crippen molar-refractivity contribution in [2.45, 2.75) is 40.3 Å². The van der Waals surface area contributed by atoms with E-state index in [1.165, 1.54) is 22.5 Å². The molecule has 5 aromatic rings. The second-order valence-corrected chi connectivity index (χ2v) is 9.50. The van der Waals surface area contributed by atoms with E-state index >= 15 is 0 Å². The smallest absolute Gasteiger partial charge is 0.332 e. The maximum atomic E-state index is 13.5. The first kappa shape index (κ1) is 27.4. The number of carbonyl (C=O) groups excluding carboxylic acids is 1. The average Bonchev–Trinajstić information content (AvgIpc) is 3.61. The number of hydrogen-bond acceptors (Lipinski definition) is 10. The SMILES string of the molecule is CCN(CC)c1ncc(-c2cccc(NC(=O)C(C)n3cnc4c3c(=O)n(Cc3cc(C)on3)c(=O)n4C)n2)cn1. The fourth-order valence-electron chi connectivity index (χ4n) is 4.52. The maximum absolute atomic E-state index is 13.5. The summed E-state index contributed by atoms with van der Waals surface area (Å²) in [5, 5.41) is 6.69. The number of fused-ring (bicyclic) bond motifs is 1. The molecule has 0 aliphatic carbocycles. The molecule has 212 valence electrons. The average molecular weight is 559 g/mol. The second kappa shape index (κ2) is 11.2. The van der Waals surface area contributed by atoms with Crippen molar-refractivity contribution in [2.24, 2.45) is 7.05 Å². The van der Waals surface area contributed by atoms with Crippen LogP contribution >= 0.6 is 0 Å². The predicted octanol–water partition coefficient (Wildman–Crippen LogP) is 2.14. The quantitative estimate of drug-likeness (QED) is 0.284. The Balaban J connectivity index is 1.41. The number of aryl methyl sites for hydroxylation is 2. The van der Waals surface area contributed by atoms with Gasteiger partial charge in [-0.05, 0) is 39.8 Å². The summed E-state index contributed by atoms with van der Waals surface area (Å²) < 4.78 is 8.83. The molecular weight excluding hydrogens is 528 g/mol. The molecule has 0 radical (unpaired) electrons. The molecule has 1 unspecified atom stereocenters. The molecule has 5 rings (SSSR count). The summed E-state index contributed by atoms with van der Waals surface area (Å²) in [6.45, 7) is 8.95. The minimum Gasteiger partial charge on any atom is -0.361 e. The predicted molar refractivity (Wildman–Crippen MR) is 152 cm³/mol. The van der Waals surface area contributed by atoms with Crippen molar-refractivity contribution >= 4 is 28.8 Å². The Morgan fingerprint density at radius 3 is 2.51 bits per heavy atom. The van der Waals surface area contributed by atoms with Crippen LogP contribution in [0.1, 0.15) is 38.3 Å². The van der Waals surface area contributed by atoms with Crippen LogP contribution in [0.3, 0.4) is 0 Å². The highest BCUT2D eigenvalue weighted by atomic mass is 16.5. The number of hydrogen-bond donors (Lipinski definition) is 1. The van der Waals surface area contributed by atoms with Crippen molar-refractivity contribution < 1.29 is 9.32 Å². The van der Waals surface area contributed by atoms with Crippen LogP contribution in [0, 0.1) is 6.92 Å². The normalized spacial score (nSPS) is 12.0. The maximum Gasteiger partial charge on any atom is 0.332 e. The first-order chi connectivity index (χ1) is 19.7. The number of aromatic nitrogens is 8. The Hall–Kier alpha value is -5.14. The highest BCUT2D eigenvalue weighted by molar-refractivity contribution is 5.93. The van der Waals surface area contributed by atoms with E-state index in [-0.39, 0.29) is 17.7 Å². The molecule has 14 heteroatoms. The molecule has 0 aliphatic heterocycles. The van der Waals surface area contributed by atoms with Crippen molar-refractivity contribution in [3.05, 3.63) is 75.3 Å². The number of carbonyl (C=O) groups is 1. The second-order valence-electron chi connectivity index (χ2n) is 9.50. The lowest BCUT2D eigenvalue weighted by Crippen LogP contribution is -2.40. The lowest BCUT2D eigenvalue weighted by Gasteiger charge is -2.18. The zero-order valence-electron chi connectivity index (χ0n) is 23.4. The van der Waals surface area contributed by atoms with E-state index in [1.54, 1.807) is 50.5 Å². The van der Waals surface area contributed by atoms with E-state index in [4.69, 9.17) is 4.52 Å². The number of rotatable bonds is 9. The van der Waals surface area contributed by atoms with Crippen LogP contribution in [0.5, 0.6) is 0 Å². The zero-order valence-corrected chi connectivity index (χ0v) is 23.4. The van der Waals surface area contributed by atoms with Crippen LogP contribution in [0.25, 0.3) is 22.4 Å². The molecule has 1 atom stereocenters. The third-order valence-electron chi connectivity index (χ3n) is 6.83. The van der Waals surface area contributed by atoms with E-state index in [2.05, 4.69) is 30.4 Å². The van der Waals surface area contributed by atoms with E-state index in [0.717, 1.165) is 17.7 Å². The summed E-state index contributed by atoms with van der Waals surface area (Å²) in [7, 11) is 1.52. The number of pyridine rings is 1. The molecule has 1 amide bonds. The molecule has 0 bridgehead atoms. The van der Waals surface area contributed by atoms with Gasteiger partial charge in [0.05, 0.1) is 18.6 Å². The van der Waals surface area contributed by atoms with Crippen LogP contribution in [-0.2, 0) is 18.4 Å². The molecule has 0 aromatic carbocycles. The first-order valence-corrected chi connectivity index (χ1v) is 13.2. The van der Waals surface area contributed by atoms with Crippen molar-refractivity contribution in [1.82, 2.24) is 38.8 Å². The first-order valence-electron chi connectivity index (χ1n) is 13.2. The molecule has 0 spiro atoms. The van der Waals surface area contributed by atoms with Gasteiger partial charge in [0, 0.05) is 44.2 Å². The van der Waals surface area contributed by atoms with E-state index < -0.39 is 23.2 Å². The van der Waals surface area contributed by atoms with Crippen LogP contribution in [0.15, 0.2) is 57.1 Å². The molecule has 1 N–H and O–H groups in total. The third kappa shape index (κ3) is 5.23. The molecule has 0 saturated heterocycles. The number of anilines is 2. The molecule has 41 heavy (non-hydrogen) atoms. The van der Waals surface area contributed by atoms with Crippen LogP contribution in [0.4, 0.5) is 11.8 Å². The topological polar surface area (TPSA) is 159 Å².